The number of nitrogens with zero attached hydrogens (tertiary/aromatic N) is 3. The van der Waals surface area contributed by atoms with Crippen LogP contribution in [0.25, 0.3) is 0 Å². The van der Waals surface area contributed by atoms with Crippen LogP contribution in [0.15, 0.2) is 42.2 Å². The van der Waals surface area contributed by atoms with Crippen molar-refractivity contribution in [1.29, 1.82) is 0 Å². The van der Waals surface area contributed by atoms with Gasteiger partial charge in [-0.1, -0.05) is 13.2 Å². The van der Waals surface area contributed by atoms with Gasteiger partial charge < -0.3 is 0 Å². The number of carbonyl (C=O) groups excluding carboxylic acids is 1. The van der Waals surface area contributed by atoms with Crippen molar-refractivity contribution >= 4 is 12.7 Å². The van der Waals surface area contributed by atoms with Crippen LogP contribution >= 0.6 is 0 Å². The smallest absolute Gasteiger partial charge is 0.261 e. The number of aliphatic imine (C=N–C) groups is 1. The molecule has 0 aromatic rings. The number of amides is 1. The number of quaternary nitrogens is 1. The first-order valence-corrected chi connectivity index (χ1v) is 4.80. The number of hydrogen-bond donors (Lipinski definition) is 0. The fourth-order valence-electron chi connectivity index (χ4n) is 1.74. The van der Waals surface area contributed by atoms with Crippen LogP contribution in [-0.4, -0.2) is 35.4 Å². The Morgan fingerprint density at radius 2 is 2.33 bits per heavy atom. The van der Waals surface area contributed by atoms with E-state index in [0.717, 1.165) is 18.7 Å². The Morgan fingerprint density at radius 3 is 2.67 bits per heavy atom. The van der Waals surface area contributed by atoms with E-state index in [1.54, 1.807) is 12.4 Å². The van der Waals surface area contributed by atoms with Gasteiger partial charge in [0.1, 0.15) is 6.54 Å². The van der Waals surface area contributed by atoms with Crippen LogP contribution in [0, 0.1) is 0 Å². The van der Waals surface area contributed by atoms with E-state index in [4.69, 9.17) is 0 Å². The topological polar surface area (TPSA) is 32.7 Å². The summed E-state index contributed by atoms with van der Waals surface area (Å²) >= 11 is 0. The summed E-state index contributed by atoms with van der Waals surface area (Å²) in [6.07, 6.45) is 7.64. The van der Waals surface area contributed by atoms with Gasteiger partial charge in [-0.3, -0.25) is 4.79 Å². The Labute approximate surface area is 90.1 Å². The van der Waals surface area contributed by atoms with E-state index in [2.05, 4.69) is 18.2 Å². The zero-order valence-electron chi connectivity index (χ0n) is 8.97. The molecular formula is C11H16N3O+. The molecule has 15 heavy (non-hydrogen) atoms. The molecule has 0 aromatic carbocycles. The first kappa shape index (κ1) is 11.4. The average Bonchev–Trinajstić information content (AvgIpc) is 2.72. The lowest BCUT2D eigenvalue weighted by atomic mass is 10.3. The molecule has 0 aliphatic carbocycles. The van der Waals surface area contributed by atoms with Gasteiger partial charge in [-0.25, -0.2) is 4.99 Å². The third kappa shape index (κ3) is 1.76. The van der Waals surface area contributed by atoms with Crippen molar-refractivity contribution in [2.45, 2.75) is 6.92 Å². The monoisotopic (exact) mass is 206 g/mol. The maximum atomic E-state index is 11.0. The Balaban J connectivity index is 3.19. The molecule has 80 valence electrons. The Hall–Kier alpha value is -1.68. The molecule has 0 bridgehead atoms. The van der Waals surface area contributed by atoms with E-state index >= 15 is 0 Å². The average molecular weight is 206 g/mol. The lowest BCUT2D eigenvalue weighted by Gasteiger charge is -2.35. The summed E-state index contributed by atoms with van der Waals surface area (Å²) in [5, 5.41) is 1.48. The second kappa shape index (κ2) is 4.70. The van der Waals surface area contributed by atoms with Crippen molar-refractivity contribution in [2.24, 2.45) is 4.99 Å². The lowest BCUT2D eigenvalue weighted by molar-refractivity contribution is -0.887. The Morgan fingerprint density at radius 1 is 1.60 bits per heavy atom. The fraction of sp³-hybridized carbons (Fsp3) is 0.273. The minimum absolute atomic E-state index is 0.257. The minimum atomic E-state index is 0.257. The van der Waals surface area contributed by atoms with Crippen molar-refractivity contribution in [3.05, 3.63) is 37.2 Å². The first-order valence-electron chi connectivity index (χ1n) is 4.80. The predicted octanol–water partition coefficient (Wildman–Crippen LogP) is 1.45. The number of carbonyl (C=O) groups is 1. The van der Waals surface area contributed by atoms with Crippen molar-refractivity contribution < 1.29 is 9.39 Å². The normalized spacial score (nSPS) is 25.0. The number of allylic oxidation sites excluding steroid dienone is 2. The van der Waals surface area contributed by atoms with Crippen LogP contribution in [0.5, 0.6) is 0 Å². The molecule has 4 nitrogen and oxygen atoms in total. The van der Waals surface area contributed by atoms with Crippen molar-refractivity contribution in [3.63, 3.8) is 0 Å². The van der Waals surface area contributed by atoms with Gasteiger partial charge in [0.15, 0.2) is 5.70 Å². The van der Waals surface area contributed by atoms with E-state index in [9.17, 15) is 4.79 Å². The highest BCUT2D eigenvalue weighted by atomic mass is 16.2. The van der Waals surface area contributed by atoms with Gasteiger partial charge >= 0.3 is 0 Å². The van der Waals surface area contributed by atoms with Crippen molar-refractivity contribution in [3.8, 4) is 0 Å². The van der Waals surface area contributed by atoms with Gasteiger partial charge in [0.05, 0.1) is 12.7 Å². The van der Waals surface area contributed by atoms with Crippen LogP contribution in [0.1, 0.15) is 6.92 Å². The summed E-state index contributed by atoms with van der Waals surface area (Å²) in [5.41, 5.74) is 0.920. The van der Waals surface area contributed by atoms with Crippen LogP contribution < -0.4 is 0 Å². The molecule has 0 fully saturated rings. The minimum Gasteiger partial charge on any atom is -0.273 e. The molecule has 0 spiro atoms. The van der Waals surface area contributed by atoms with Crippen LogP contribution in [-0.2, 0) is 4.79 Å². The largest absolute Gasteiger partial charge is 0.273 e. The fourth-order valence-corrected chi connectivity index (χ4v) is 1.74. The van der Waals surface area contributed by atoms with E-state index in [1.165, 1.54) is 11.2 Å². The first-order chi connectivity index (χ1) is 7.25. The highest BCUT2D eigenvalue weighted by molar-refractivity contribution is 5.56. The van der Waals surface area contributed by atoms with E-state index in [-0.39, 0.29) is 4.59 Å². The van der Waals surface area contributed by atoms with Gasteiger partial charge in [-0.15, -0.1) is 4.59 Å². The highest BCUT2D eigenvalue weighted by Gasteiger charge is 2.38. The Bertz CT molecular complexity index is 325. The van der Waals surface area contributed by atoms with Gasteiger partial charge in [0.2, 0.25) is 6.34 Å². The predicted molar refractivity (Wildman–Crippen MR) is 60.5 cm³/mol. The van der Waals surface area contributed by atoms with Gasteiger partial charge in [-0.05, 0) is 19.1 Å². The third-order valence-corrected chi connectivity index (χ3v) is 2.50. The second-order valence-corrected chi connectivity index (χ2v) is 3.16. The molecule has 1 amide bonds. The summed E-state index contributed by atoms with van der Waals surface area (Å²) in [4.78, 5) is 15.2. The van der Waals surface area contributed by atoms with Gasteiger partial charge in [-0.2, -0.15) is 5.01 Å². The highest BCUT2D eigenvalue weighted by Crippen LogP contribution is 2.23. The molecule has 1 aliphatic heterocycles. The summed E-state index contributed by atoms with van der Waals surface area (Å²) in [5.74, 6) is 0. The summed E-state index contributed by atoms with van der Waals surface area (Å²) in [6.45, 7) is 10.7. The lowest BCUT2D eigenvalue weighted by Crippen LogP contribution is -2.54. The molecule has 0 saturated carbocycles. The van der Waals surface area contributed by atoms with E-state index in [1.807, 2.05) is 13.0 Å². The maximum Gasteiger partial charge on any atom is 0.261 e. The van der Waals surface area contributed by atoms with E-state index in [0.29, 0.717) is 6.54 Å². The molecule has 0 aromatic heterocycles. The van der Waals surface area contributed by atoms with Crippen LogP contribution in [0.2, 0.25) is 0 Å². The van der Waals surface area contributed by atoms with E-state index < -0.39 is 0 Å². The zero-order valence-corrected chi connectivity index (χ0v) is 8.97. The molecule has 1 heterocycles. The molecule has 1 aliphatic rings. The standard InChI is InChI=1S/C11H16N3O/c1-4-11(5-2)14(8-7-12-9-14)13(6-3)10-15/h4-6,9-10H,1,3,7-8H2,2H3/q+1. The maximum absolute atomic E-state index is 11.0. The molecule has 0 N–H and O–H groups in total. The Kier molecular flexibility index (Phi) is 3.57. The van der Waals surface area contributed by atoms with Crippen molar-refractivity contribution in [1.82, 2.24) is 5.01 Å². The summed E-state index contributed by atoms with van der Waals surface area (Å²) in [7, 11) is 0. The molecule has 0 radical (unpaired) electrons. The van der Waals surface area contributed by atoms with Gasteiger partial charge in [0, 0.05) is 0 Å². The van der Waals surface area contributed by atoms with Crippen molar-refractivity contribution in [2.75, 3.05) is 13.1 Å². The second-order valence-electron chi connectivity index (χ2n) is 3.16. The molecule has 4 heteroatoms. The van der Waals surface area contributed by atoms with Crippen LogP contribution in [0.3, 0.4) is 0 Å². The molecular weight excluding hydrogens is 190 g/mol. The number of hydrogen-bond acceptors (Lipinski definition) is 2. The molecule has 0 saturated heterocycles. The molecule has 1 unspecified atom stereocenters. The quantitative estimate of drug-likeness (QED) is 0.381. The SMILES string of the molecule is C=CC(=CC)[N+]1(N(C=C)C=O)C=NCC1. The molecule has 1 atom stereocenters. The van der Waals surface area contributed by atoms with Gasteiger partial charge in [0.25, 0.3) is 6.41 Å². The summed E-state index contributed by atoms with van der Waals surface area (Å²) < 4.78 is 0.257. The number of rotatable bonds is 5. The summed E-state index contributed by atoms with van der Waals surface area (Å²) in [6, 6.07) is 0. The molecule has 1 rings (SSSR count). The van der Waals surface area contributed by atoms with Crippen LogP contribution in [0.4, 0.5) is 0 Å². The third-order valence-electron chi connectivity index (χ3n) is 2.50. The zero-order chi connectivity index (χ0) is 11.3.